The highest BCUT2D eigenvalue weighted by Crippen LogP contribution is 2.04. The maximum Gasteiger partial charge on any atom is 0.0548 e. The van der Waals surface area contributed by atoms with Crippen LogP contribution in [0.2, 0.25) is 0 Å². The summed E-state index contributed by atoms with van der Waals surface area (Å²) in [6.45, 7) is 0. The first-order chi connectivity index (χ1) is 2.80. The zero-order valence-corrected chi connectivity index (χ0v) is 3.31. The molecule has 0 spiro atoms. The summed E-state index contributed by atoms with van der Waals surface area (Å²) in [6.07, 6.45) is 3.55. The van der Waals surface area contributed by atoms with Gasteiger partial charge in [-0.15, -0.1) is 0 Å². The lowest BCUT2D eigenvalue weighted by Gasteiger charge is -2.03. The van der Waals surface area contributed by atoms with Gasteiger partial charge in [0.05, 0.1) is 11.4 Å². The molecule has 32 valence electrons. The van der Waals surface area contributed by atoms with Crippen LogP contribution in [0.25, 0.3) is 0 Å². The van der Waals surface area contributed by atoms with Crippen LogP contribution in [0, 0.1) is 0 Å². The zero-order chi connectivity index (χ0) is 4.57. The number of hydrogen-bond donors (Lipinski definition) is 2. The Bertz CT molecular complexity index is 108. The lowest BCUT2D eigenvalue weighted by Crippen LogP contribution is -2.11. The van der Waals surface area contributed by atoms with Crippen molar-refractivity contribution in [1.29, 1.82) is 0 Å². The van der Waals surface area contributed by atoms with Gasteiger partial charge in [-0.1, -0.05) is 0 Å². The van der Waals surface area contributed by atoms with Gasteiger partial charge >= 0.3 is 0 Å². The molecule has 2 nitrogen and oxygen atoms in total. The molecule has 0 unspecified atom stereocenters. The van der Waals surface area contributed by atoms with Crippen molar-refractivity contribution < 1.29 is 0 Å². The van der Waals surface area contributed by atoms with Gasteiger partial charge in [0.1, 0.15) is 0 Å². The highest BCUT2D eigenvalue weighted by atomic mass is 14.7. The first kappa shape index (κ1) is 3.28. The van der Waals surface area contributed by atoms with Gasteiger partial charge in [-0.25, -0.2) is 0 Å². The van der Waals surface area contributed by atoms with Crippen LogP contribution in [-0.2, 0) is 0 Å². The fourth-order valence-electron chi connectivity index (χ4n) is 0.276. The van der Waals surface area contributed by atoms with Crippen LogP contribution >= 0.6 is 0 Å². The fourth-order valence-corrected chi connectivity index (χ4v) is 0.276. The Balaban J connectivity index is 2.71. The predicted molar refractivity (Wildman–Crippen MR) is 24.5 cm³/mol. The molecule has 0 bridgehead atoms. The molecular weight excluding hydrogens is 76.1 g/mol. The van der Waals surface area contributed by atoms with Crippen LogP contribution in [0.4, 0.5) is 0 Å². The minimum absolute atomic E-state index is 0.704. The Kier molecular flexibility index (Phi) is 0.422. The molecule has 0 aliphatic heterocycles. The first-order valence-electron chi connectivity index (χ1n) is 1.74. The van der Waals surface area contributed by atoms with E-state index in [9.17, 15) is 0 Å². The molecule has 0 fully saturated rings. The van der Waals surface area contributed by atoms with Crippen LogP contribution in [0.3, 0.4) is 0 Å². The standard InChI is InChI=1S/C4H6N2/c5-3-1-2-4(3)6/h1-2H,5-6H2. The van der Waals surface area contributed by atoms with E-state index in [1.807, 2.05) is 0 Å². The molecule has 0 heterocycles. The second kappa shape index (κ2) is 0.772. The van der Waals surface area contributed by atoms with Crippen molar-refractivity contribution >= 4 is 0 Å². The number of nitrogens with two attached hydrogens (primary N) is 2. The van der Waals surface area contributed by atoms with E-state index in [1.54, 1.807) is 12.2 Å². The Hall–Kier alpha value is -0.920. The van der Waals surface area contributed by atoms with Crippen molar-refractivity contribution in [3.8, 4) is 0 Å². The molecule has 0 aromatic rings. The summed E-state index contributed by atoms with van der Waals surface area (Å²) >= 11 is 0. The molecule has 1 aliphatic carbocycles. The molecular formula is C4H6N2. The summed E-state index contributed by atoms with van der Waals surface area (Å²) in [4.78, 5) is 0. The Labute approximate surface area is 36.1 Å². The predicted octanol–water partition coefficient (Wildman–Crippen LogP) is -0.315. The van der Waals surface area contributed by atoms with Crippen LogP contribution in [0.15, 0.2) is 23.5 Å². The summed E-state index contributed by atoms with van der Waals surface area (Å²) in [6, 6.07) is 0. The number of rotatable bonds is 0. The molecule has 0 radical (unpaired) electrons. The minimum atomic E-state index is 0.704. The Morgan fingerprint density at radius 3 is 1.33 bits per heavy atom. The van der Waals surface area contributed by atoms with Gasteiger partial charge in [-0.2, -0.15) is 0 Å². The molecule has 1 aliphatic rings. The molecule has 4 N–H and O–H groups in total. The van der Waals surface area contributed by atoms with Crippen molar-refractivity contribution in [3.05, 3.63) is 23.5 Å². The fraction of sp³-hybridized carbons (Fsp3) is 0. The maximum atomic E-state index is 5.19. The van der Waals surface area contributed by atoms with Crippen molar-refractivity contribution in [1.82, 2.24) is 0 Å². The van der Waals surface area contributed by atoms with Crippen molar-refractivity contribution in [2.45, 2.75) is 0 Å². The monoisotopic (exact) mass is 82.1 g/mol. The van der Waals surface area contributed by atoms with E-state index in [4.69, 9.17) is 11.5 Å². The van der Waals surface area contributed by atoms with Gasteiger partial charge in [-0.05, 0) is 12.2 Å². The second-order valence-electron chi connectivity index (χ2n) is 1.24. The maximum absolute atomic E-state index is 5.19. The molecule has 0 saturated carbocycles. The molecule has 0 saturated heterocycles. The van der Waals surface area contributed by atoms with Crippen LogP contribution in [0.1, 0.15) is 0 Å². The summed E-state index contributed by atoms with van der Waals surface area (Å²) in [5.74, 6) is 0. The smallest absolute Gasteiger partial charge is 0.0548 e. The molecule has 1 rings (SSSR count). The van der Waals surface area contributed by atoms with Crippen molar-refractivity contribution in [3.63, 3.8) is 0 Å². The first-order valence-corrected chi connectivity index (χ1v) is 1.74. The average Bonchev–Trinajstić information content (AvgIpc) is 1.61. The van der Waals surface area contributed by atoms with Gasteiger partial charge in [0.15, 0.2) is 0 Å². The molecule has 0 atom stereocenters. The quantitative estimate of drug-likeness (QED) is 0.421. The third-order valence-electron chi connectivity index (χ3n) is 0.776. The van der Waals surface area contributed by atoms with Gasteiger partial charge in [0.25, 0.3) is 0 Å². The van der Waals surface area contributed by atoms with E-state index in [-0.39, 0.29) is 0 Å². The molecule has 0 aromatic carbocycles. The number of hydrogen-bond acceptors (Lipinski definition) is 2. The summed E-state index contributed by atoms with van der Waals surface area (Å²) < 4.78 is 0. The van der Waals surface area contributed by atoms with Crippen molar-refractivity contribution in [2.75, 3.05) is 0 Å². The van der Waals surface area contributed by atoms with Gasteiger partial charge in [0.2, 0.25) is 0 Å². The normalized spacial score (nSPS) is 18.0. The minimum Gasteiger partial charge on any atom is -0.397 e. The Morgan fingerprint density at radius 1 is 1.00 bits per heavy atom. The van der Waals surface area contributed by atoms with Crippen molar-refractivity contribution in [2.24, 2.45) is 11.5 Å². The van der Waals surface area contributed by atoms with E-state index in [0.717, 1.165) is 0 Å². The summed E-state index contributed by atoms with van der Waals surface area (Å²) in [7, 11) is 0. The lowest BCUT2D eigenvalue weighted by molar-refractivity contribution is 1.22. The topological polar surface area (TPSA) is 52.0 Å². The molecule has 0 aromatic heterocycles. The summed E-state index contributed by atoms with van der Waals surface area (Å²) in [5, 5.41) is 0. The third-order valence-corrected chi connectivity index (χ3v) is 0.776. The lowest BCUT2D eigenvalue weighted by atomic mass is 10.2. The Morgan fingerprint density at radius 2 is 1.33 bits per heavy atom. The van der Waals surface area contributed by atoms with Crippen LogP contribution < -0.4 is 11.5 Å². The SMILES string of the molecule is NC1=C(N)C=C1. The van der Waals surface area contributed by atoms with Gasteiger partial charge in [0, 0.05) is 0 Å². The van der Waals surface area contributed by atoms with Crippen LogP contribution in [-0.4, -0.2) is 0 Å². The highest BCUT2D eigenvalue weighted by molar-refractivity contribution is 5.39. The summed E-state index contributed by atoms with van der Waals surface area (Å²) in [5.41, 5.74) is 11.8. The average molecular weight is 82.1 g/mol. The zero-order valence-electron chi connectivity index (χ0n) is 3.31. The largest absolute Gasteiger partial charge is 0.397 e. The highest BCUT2D eigenvalue weighted by Gasteiger charge is 1.96. The van der Waals surface area contributed by atoms with E-state index in [2.05, 4.69) is 0 Å². The van der Waals surface area contributed by atoms with E-state index < -0.39 is 0 Å². The molecule has 6 heavy (non-hydrogen) atoms. The van der Waals surface area contributed by atoms with Crippen LogP contribution in [0.5, 0.6) is 0 Å². The van der Waals surface area contributed by atoms with Gasteiger partial charge in [-0.3, -0.25) is 0 Å². The third kappa shape index (κ3) is 0.204. The second-order valence-corrected chi connectivity index (χ2v) is 1.24. The van der Waals surface area contributed by atoms with Gasteiger partial charge < -0.3 is 11.5 Å². The van der Waals surface area contributed by atoms with E-state index in [1.165, 1.54) is 0 Å². The number of allylic oxidation sites excluding steroid dienone is 2. The van der Waals surface area contributed by atoms with E-state index >= 15 is 0 Å². The van der Waals surface area contributed by atoms with E-state index in [0.29, 0.717) is 11.4 Å². The molecule has 2 heteroatoms. The molecule has 0 amide bonds.